The first-order valence-corrected chi connectivity index (χ1v) is 6.00. The van der Waals surface area contributed by atoms with Crippen LogP contribution in [0.25, 0.3) is 0 Å². The zero-order valence-corrected chi connectivity index (χ0v) is 10.8. The average Bonchev–Trinajstić information content (AvgIpc) is 2.34. The predicted molar refractivity (Wildman–Crippen MR) is 66.1 cm³/mol. The Balaban J connectivity index is 2.51. The van der Waals surface area contributed by atoms with Crippen LogP contribution < -0.4 is 4.74 Å². The summed E-state index contributed by atoms with van der Waals surface area (Å²) in [5.41, 5.74) is 1.76. The fourth-order valence-electron chi connectivity index (χ4n) is 1.40. The Morgan fingerprint density at radius 1 is 1.29 bits per heavy atom. The quantitative estimate of drug-likeness (QED) is 0.739. The summed E-state index contributed by atoms with van der Waals surface area (Å²) in [5.74, 6) is 0.556. The molecule has 0 aromatic carbocycles. The molecular weight excluding hydrogens is 218 g/mol. The van der Waals surface area contributed by atoms with Crippen LogP contribution in [0.1, 0.15) is 32.0 Å². The first kappa shape index (κ1) is 13.9. The molecule has 1 heterocycles. The minimum absolute atomic E-state index is 0.00831. The van der Waals surface area contributed by atoms with Crippen LogP contribution in [0.15, 0.2) is 12.1 Å². The largest absolute Gasteiger partial charge is 0.475 e. The number of aliphatic hydroxyl groups is 1. The van der Waals surface area contributed by atoms with E-state index in [1.165, 1.54) is 0 Å². The second-order valence-corrected chi connectivity index (χ2v) is 4.08. The molecule has 1 aromatic heterocycles. The van der Waals surface area contributed by atoms with Crippen LogP contribution >= 0.6 is 0 Å². The maximum atomic E-state index is 9.12. The number of nitrogens with zero attached hydrogens (tertiary/aromatic N) is 1. The molecule has 4 heteroatoms. The van der Waals surface area contributed by atoms with Gasteiger partial charge in [0.1, 0.15) is 6.61 Å². The summed E-state index contributed by atoms with van der Waals surface area (Å²) in [6, 6.07) is 3.64. The van der Waals surface area contributed by atoms with Crippen molar-refractivity contribution in [3.8, 4) is 5.88 Å². The Morgan fingerprint density at radius 2 is 2.06 bits per heavy atom. The van der Waals surface area contributed by atoms with Gasteiger partial charge in [0, 0.05) is 11.8 Å². The summed E-state index contributed by atoms with van der Waals surface area (Å²) in [6.07, 6.45) is 1.04. The van der Waals surface area contributed by atoms with Gasteiger partial charge < -0.3 is 14.6 Å². The molecule has 0 atom stereocenters. The highest BCUT2D eigenvalue weighted by Gasteiger charge is 2.02. The molecule has 1 rings (SSSR count). The average molecular weight is 239 g/mol. The van der Waals surface area contributed by atoms with Crippen LogP contribution in [0.2, 0.25) is 0 Å². The first-order chi connectivity index (χ1) is 8.15. The Labute approximate surface area is 103 Å². The van der Waals surface area contributed by atoms with Gasteiger partial charge in [0.05, 0.1) is 19.3 Å². The lowest BCUT2D eigenvalue weighted by molar-refractivity contribution is 0.0541. The third kappa shape index (κ3) is 5.15. The van der Waals surface area contributed by atoms with Gasteiger partial charge in [-0.15, -0.1) is 0 Å². The number of aromatic nitrogens is 1. The fourth-order valence-corrected chi connectivity index (χ4v) is 1.40. The Hall–Kier alpha value is -1.13. The van der Waals surface area contributed by atoms with Gasteiger partial charge in [-0.25, -0.2) is 4.98 Å². The van der Waals surface area contributed by atoms with E-state index in [9.17, 15) is 0 Å². The third-order valence-electron chi connectivity index (χ3n) is 2.24. The lowest BCUT2D eigenvalue weighted by atomic mass is 10.2. The van der Waals surface area contributed by atoms with Gasteiger partial charge in [0.25, 0.3) is 0 Å². The molecular formula is C13H21NO3. The lowest BCUT2D eigenvalue weighted by Gasteiger charge is -2.10. The SMILES string of the molecule is CCc1cc(CO)cc(OCCOC(C)C)n1. The van der Waals surface area contributed by atoms with Crippen molar-refractivity contribution in [1.29, 1.82) is 0 Å². The maximum absolute atomic E-state index is 9.12. The third-order valence-corrected chi connectivity index (χ3v) is 2.24. The number of ether oxygens (including phenoxy) is 2. The maximum Gasteiger partial charge on any atom is 0.213 e. The monoisotopic (exact) mass is 239 g/mol. The van der Waals surface area contributed by atoms with E-state index in [-0.39, 0.29) is 12.7 Å². The van der Waals surface area contributed by atoms with Crippen LogP contribution in [-0.4, -0.2) is 29.4 Å². The van der Waals surface area contributed by atoms with Gasteiger partial charge in [-0.3, -0.25) is 0 Å². The highest BCUT2D eigenvalue weighted by Crippen LogP contribution is 2.13. The van der Waals surface area contributed by atoms with E-state index >= 15 is 0 Å². The van der Waals surface area contributed by atoms with Crippen molar-refractivity contribution in [2.24, 2.45) is 0 Å². The Morgan fingerprint density at radius 3 is 2.65 bits per heavy atom. The predicted octanol–water partition coefficient (Wildman–Crippen LogP) is 1.94. The van der Waals surface area contributed by atoms with Crippen LogP contribution in [0.4, 0.5) is 0 Å². The Bertz CT molecular complexity index is 317. The van der Waals surface area contributed by atoms with Gasteiger partial charge in [-0.2, -0.15) is 0 Å². The number of aryl methyl sites for hydroxylation is 1. The molecule has 17 heavy (non-hydrogen) atoms. The topological polar surface area (TPSA) is 51.6 Å². The molecule has 0 aliphatic carbocycles. The van der Waals surface area contributed by atoms with E-state index in [0.29, 0.717) is 19.1 Å². The zero-order chi connectivity index (χ0) is 12.7. The molecule has 0 spiro atoms. The molecule has 0 unspecified atom stereocenters. The Kier molecular flexibility index (Phi) is 5.94. The minimum atomic E-state index is 0.00831. The van der Waals surface area contributed by atoms with Crippen molar-refractivity contribution in [3.05, 3.63) is 23.4 Å². The second kappa shape index (κ2) is 7.25. The smallest absolute Gasteiger partial charge is 0.213 e. The number of rotatable bonds is 7. The summed E-state index contributed by atoms with van der Waals surface area (Å²) in [5, 5.41) is 9.12. The first-order valence-electron chi connectivity index (χ1n) is 6.00. The zero-order valence-electron chi connectivity index (χ0n) is 10.8. The van der Waals surface area contributed by atoms with Crippen molar-refractivity contribution >= 4 is 0 Å². The molecule has 0 fully saturated rings. The van der Waals surface area contributed by atoms with E-state index in [1.54, 1.807) is 6.07 Å². The normalized spacial score (nSPS) is 10.9. The fraction of sp³-hybridized carbons (Fsp3) is 0.615. The van der Waals surface area contributed by atoms with E-state index < -0.39 is 0 Å². The molecule has 1 N–H and O–H groups in total. The highest BCUT2D eigenvalue weighted by atomic mass is 16.5. The van der Waals surface area contributed by atoms with Gasteiger partial charge in [-0.05, 0) is 31.9 Å². The van der Waals surface area contributed by atoms with Crippen LogP contribution in [0, 0.1) is 0 Å². The molecule has 0 radical (unpaired) electrons. The van der Waals surface area contributed by atoms with Crippen molar-refractivity contribution in [2.75, 3.05) is 13.2 Å². The number of aliphatic hydroxyl groups excluding tert-OH is 1. The van der Waals surface area contributed by atoms with Crippen molar-refractivity contribution in [3.63, 3.8) is 0 Å². The van der Waals surface area contributed by atoms with Gasteiger partial charge in [-0.1, -0.05) is 6.92 Å². The molecule has 0 aliphatic rings. The molecule has 1 aromatic rings. The number of pyridine rings is 1. The van der Waals surface area contributed by atoms with Gasteiger partial charge in [0.15, 0.2) is 0 Å². The standard InChI is InChI=1S/C13H21NO3/c1-4-12-7-11(9-15)8-13(14-12)17-6-5-16-10(2)3/h7-8,10,15H,4-6,9H2,1-3H3. The molecule has 96 valence electrons. The molecule has 0 aliphatic heterocycles. The summed E-state index contributed by atoms with van der Waals surface area (Å²) >= 11 is 0. The van der Waals surface area contributed by atoms with E-state index in [1.807, 2.05) is 26.8 Å². The van der Waals surface area contributed by atoms with E-state index in [0.717, 1.165) is 17.7 Å². The summed E-state index contributed by atoms with van der Waals surface area (Å²) in [4.78, 5) is 4.33. The molecule has 0 amide bonds. The second-order valence-electron chi connectivity index (χ2n) is 4.08. The summed E-state index contributed by atoms with van der Waals surface area (Å²) in [7, 11) is 0. The van der Waals surface area contributed by atoms with E-state index in [2.05, 4.69) is 4.98 Å². The van der Waals surface area contributed by atoms with E-state index in [4.69, 9.17) is 14.6 Å². The van der Waals surface area contributed by atoms with Crippen molar-refractivity contribution in [1.82, 2.24) is 4.98 Å². The van der Waals surface area contributed by atoms with Crippen molar-refractivity contribution < 1.29 is 14.6 Å². The van der Waals surface area contributed by atoms with Crippen LogP contribution in [-0.2, 0) is 17.8 Å². The van der Waals surface area contributed by atoms with Gasteiger partial charge >= 0.3 is 0 Å². The molecule has 0 bridgehead atoms. The van der Waals surface area contributed by atoms with Crippen LogP contribution in [0.3, 0.4) is 0 Å². The van der Waals surface area contributed by atoms with Crippen LogP contribution in [0.5, 0.6) is 5.88 Å². The number of hydrogen-bond donors (Lipinski definition) is 1. The summed E-state index contributed by atoms with van der Waals surface area (Å²) < 4.78 is 10.9. The van der Waals surface area contributed by atoms with Gasteiger partial charge in [0.2, 0.25) is 5.88 Å². The molecule has 0 saturated carbocycles. The van der Waals surface area contributed by atoms with Crippen molar-refractivity contribution in [2.45, 2.75) is 39.9 Å². The summed E-state index contributed by atoms with van der Waals surface area (Å²) in [6.45, 7) is 7.02. The minimum Gasteiger partial charge on any atom is -0.475 e. The number of hydrogen-bond acceptors (Lipinski definition) is 4. The molecule has 4 nitrogen and oxygen atoms in total. The molecule has 0 saturated heterocycles. The highest BCUT2D eigenvalue weighted by molar-refractivity contribution is 5.24. The lowest BCUT2D eigenvalue weighted by Crippen LogP contribution is -2.12.